The van der Waals surface area contributed by atoms with Crippen molar-refractivity contribution in [1.82, 2.24) is 4.98 Å². The lowest BCUT2D eigenvalue weighted by Crippen LogP contribution is -2.23. The van der Waals surface area contributed by atoms with Gasteiger partial charge in [0.05, 0.1) is 10.9 Å². The maximum atomic E-state index is 13.6. The smallest absolute Gasteiger partial charge is 0.257 e. The molecule has 0 aliphatic heterocycles. The lowest BCUT2D eigenvalue weighted by molar-refractivity contribution is -0.115. The third-order valence-corrected chi connectivity index (χ3v) is 4.16. The normalized spacial score (nSPS) is 12.3. The van der Waals surface area contributed by atoms with E-state index in [1.807, 2.05) is 0 Å². The number of nitrogens with one attached hydrogen (secondary N) is 1. The van der Waals surface area contributed by atoms with E-state index in [1.54, 1.807) is 31.2 Å². The highest BCUT2D eigenvalue weighted by atomic mass is 32.2. The van der Waals surface area contributed by atoms with Crippen LogP contribution in [0.15, 0.2) is 46.0 Å². The molecule has 0 saturated heterocycles. The van der Waals surface area contributed by atoms with Crippen LogP contribution in [0, 0.1) is 17.5 Å². The lowest BCUT2D eigenvalue weighted by atomic mass is 10.2. The first-order chi connectivity index (χ1) is 11.5. The Balaban J connectivity index is 1.72. The monoisotopic (exact) mass is 352 g/mol. The van der Waals surface area contributed by atoms with Gasteiger partial charge >= 0.3 is 0 Å². The van der Waals surface area contributed by atoms with Crippen molar-refractivity contribution in [1.29, 1.82) is 0 Å². The minimum atomic E-state index is -1.63. The van der Waals surface area contributed by atoms with E-state index >= 15 is 0 Å². The molecule has 24 heavy (non-hydrogen) atoms. The number of halogens is 3. The van der Waals surface area contributed by atoms with Gasteiger partial charge in [-0.1, -0.05) is 23.9 Å². The van der Waals surface area contributed by atoms with Gasteiger partial charge in [-0.3, -0.25) is 4.79 Å². The summed E-state index contributed by atoms with van der Waals surface area (Å²) in [5.41, 5.74) is 0.808. The zero-order chi connectivity index (χ0) is 17.3. The fourth-order valence-corrected chi connectivity index (χ4v) is 2.72. The van der Waals surface area contributed by atoms with E-state index in [-0.39, 0.29) is 5.22 Å². The van der Waals surface area contributed by atoms with Gasteiger partial charge in [0.15, 0.2) is 23.0 Å². The fraction of sp³-hybridized carbons (Fsp3) is 0.125. The van der Waals surface area contributed by atoms with E-state index in [4.69, 9.17) is 4.42 Å². The van der Waals surface area contributed by atoms with E-state index in [9.17, 15) is 18.0 Å². The maximum Gasteiger partial charge on any atom is 0.257 e. The van der Waals surface area contributed by atoms with Gasteiger partial charge in [-0.15, -0.1) is 0 Å². The van der Waals surface area contributed by atoms with Crippen molar-refractivity contribution in [2.45, 2.75) is 17.4 Å². The molecule has 2 aromatic carbocycles. The van der Waals surface area contributed by atoms with E-state index in [0.717, 1.165) is 23.9 Å². The van der Waals surface area contributed by atoms with Crippen LogP contribution in [0.3, 0.4) is 0 Å². The number of anilines is 1. The van der Waals surface area contributed by atoms with Crippen molar-refractivity contribution in [3.8, 4) is 0 Å². The summed E-state index contributed by atoms with van der Waals surface area (Å²) in [6.45, 7) is 1.56. The second-order valence-corrected chi connectivity index (χ2v) is 6.21. The Morgan fingerprint density at radius 2 is 1.92 bits per heavy atom. The summed E-state index contributed by atoms with van der Waals surface area (Å²) in [7, 11) is 0. The molecule has 0 bridgehead atoms. The molecule has 124 valence electrons. The number of carbonyl (C=O) groups is 1. The van der Waals surface area contributed by atoms with Crippen molar-refractivity contribution >= 4 is 34.5 Å². The first-order valence-corrected chi connectivity index (χ1v) is 7.80. The summed E-state index contributed by atoms with van der Waals surface area (Å²) < 4.78 is 45.1. The van der Waals surface area contributed by atoms with Crippen molar-refractivity contribution in [2.75, 3.05) is 5.32 Å². The minimum absolute atomic E-state index is 0.282. The van der Waals surface area contributed by atoms with E-state index < -0.39 is 34.3 Å². The molecule has 8 heteroatoms. The van der Waals surface area contributed by atoms with Crippen molar-refractivity contribution in [3.63, 3.8) is 0 Å². The minimum Gasteiger partial charge on any atom is -0.431 e. The highest BCUT2D eigenvalue weighted by Crippen LogP contribution is 2.28. The summed E-state index contributed by atoms with van der Waals surface area (Å²) in [4.78, 5) is 16.3. The Bertz CT molecular complexity index is 880. The number of rotatable bonds is 4. The largest absolute Gasteiger partial charge is 0.431 e. The molecular weight excluding hydrogens is 341 g/mol. The number of thioether (sulfide) groups is 1. The van der Waals surface area contributed by atoms with Gasteiger partial charge in [-0.2, -0.15) is 0 Å². The number of carbonyl (C=O) groups excluding carboxylic acids is 1. The summed E-state index contributed by atoms with van der Waals surface area (Å²) in [5.74, 6) is -4.99. The van der Waals surface area contributed by atoms with Gasteiger partial charge in [-0.05, 0) is 31.2 Å². The van der Waals surface area contributed by atoms with E-state index in [0.29, 0.717) is 11.1 Å². The van der Waals surface area contributed by atoms with Crippen LogP contribution in [0.25, 0.3) is 11.1 Å². The van der Waals surface area contributed by atoms with Crippen molar-refractivity contribution in [2.24, 2.45) is 0 Å². The molecule has 3 rings (SSSR count). The third-order valence-electron chi connectivity index (χ3n) is 3.21. The maximum absolute atomic E-state index is 13.6. The number of amides is 1. The molecular formula is C16H11F3N2O2S. The molecule has 1 N–H and O–H groups in total. The molecule has 3 aromatic rings. The van der Waals surface area contributed by atoms with Crippen LogP contribution < -0.4 is 5.32 Å². The number of hydrogen-bond donors (Lipinski definition) is 1. The molecule has 1 heterocycles. The van der Waals surface area contributed by atoms with Gasteiger partial charge in [0.1, 0.15) is 5.52 Å². The summed E-state index contributed by atoms with van der Waals surface area (Å²) in [5, 5.41) is 1.81. The second kappa shape index (κ2) is 6.56. The Kier molecular flexibility index (Phi) is 4.48. The SMILES string of the molecule is C[C@H](Sc1nc2ccccc2o1)C(=O)Nc1ccc(F)c(F)c1F. The summed E-state index contributed by atoms with van der Waals surface area (Å²) in [6, 6.07) is 8.82. The predicted octanol–water partition coefficient (Wildman–Crippen LogP) is 4.36. The van der Waals surface area contributed by atoms with Gasteiger partial charge in [-0.25, -0.2) is 18.2 Å². The predicted molar refractivity (Wildman–Crippen MR) is 84.3 cm³/mol. The number of aromatic nitrogens is 1. The summed E-state index contributed by atoms with van der Waals surface area (Å²) in [6.07, 6.45) is 0. The highest BCUT2D eigenvalue weighted by Gasteiger charge is 2.21. The number of hydrogen-bond acceptors (Lipinski definition) is 4. The van der Waals surface area contributed by atoms with Gasteiger partial charge < -0.3 is 9.73 Å². The molecule has 0 fully saturated rings. The third kappa shape index (κ3) is 3.23. The topological polar surface area (TPSA) is 55.1 Å². The first-order valence-electron chi connectivity index (χ1n) is 6.92. The molecule has 0 saturated carbocycles. The Morgan fingerprint density at radius 3 is 2.67 bits per heavy atom. The van der Waals surface area contributed by atoms with Crippen LogP contribution in [-0.2, 0) is 4.79 Å². The Morgan fingerprint density at radius 1 is 1.17 bits per heavy atom. The quantitative estimate of drug-likeness (QED) is 0.560. The zero-order valence-electron chi connectivity index (χ0n) is 12.3. The Labute approximate surface area is 139 Å². The molecule has 1 atom stereocenters. The van der Waals surface area contributed by atoms with Crippen LogP contribution >= 0.6 is 11.8 Å². The van der Waals surface area contributed by atoms with E-state index in [2.05, 4.69) is 10.3 Å². The molecule has 0 spiro atoms. The molecule has 0 unspecified atom stereocenters. The molecule has 0 aliphatic rings. The van der Waals surface area contributed by atoms with Gasteiger partial charge in [0, 0.05) is 0 Å². The first kappa shape index (κ1) is 16.4. The lowest BCUT2D eigenvalue weighted by Gasteiger charge is -2.11. The number of benzene rings is 2. The van der Waals surface area contributed by atoms with E-state index in [1.165, 1.54) is 0 Å². The molecule has 0 radical (unpaired) electrons. The average molecular weight is 352 g/mol. The van der Waals surface area contributed by atoms with Crippen LogP contribution in [0.5, 0.6) is 0 Å². The molecule has 4 nitrogen and oxygen atoms in total. The number of fused-ring (bicyclic) bond motifs is 1. The van der Waals surface area contributed by atoms with Crippen LogP contribution in [-0.4, -0.2) is 16.1 Å². The standard InChI is InChI=1S/C16H11F3N2O2S/c1-8(24-16-21-10-4-2-3-5-12(10)23-16)15(22)20-11-7-6-9(17)13(18)14(11)19/h2-8H,1H3,(H,20,22)/t8-/m0/s1. The van der Waals surface area contributed by atoms with Crippen molar-refractivity contribution in [3.05, 3.63) is 53.8 Å². The number of para-hydroxylation sites is 2. The molecule has 1 amide bonds. The second-order valence-electron chi connectivity index (χ2n) is 4.92. The molecule has 1 aromatic heterocycles. The zero-order valence-corrected chi connectivity index (χ0v) is 13.2. The number of oxazole rings is 1. The van der Waals surface area contributed by atoms with Crippen LogP contribution in [0.2, 0.25) is 0 Å². The molecule has 0 aliphatic carbocycles. The number of nitrogens with zero attached hydrogens (tertiary/aromatic N) is 1. The Hall–Kier alpha value is -2.48. The highest BCUT2D eigenvalue weighted by molar-refractivity contribution is 8.00. The van der Waals surface area contributed by atoms with Crippen LogP contribution in [0.1, 0.15) is 6.92 Å². The van der Waals surface area contributed by atoms with Crippen molar-refractivity contribution < 1.29 is 22.4 Å². The van der Waals surface area contributed by atoms with Gasteiger partial charge in [0.25, 0.3) is 5.22 Å². The summed E-state index contributed by atoms with van der Waals surface area (Å²) >= 11 is 1.03. The average Bonchev–Trinajstić information content (AvgIpc) is 2.97. The van der Waals surface area contributed by atoms with Gasteiger partial charge in [0.2, 0.25) is 5.91 Å². The fourth-order valence-electron chi connectivity index (χ4n) is 1.96. The van der Waals surface area contributed by atoms with Crippen LogP contribution in [0.4, 0.5) is 18.9 Å².